The summed E-state index contributed by atoms with van der Waals surface area (Å²) in [5.41, 5.74) is 0.850. The SMILES string of the molecule is CCOc1ccccc1N(CC(=O)N(Cc1ccc(Cl)c(Cl)c1)[C@H](CC)C(=O)N[C@H](C)CC)S(=O)(=O)c1ccc(SC)cc1. The Labute approximate surface area is 275 Å². The average molecular weight is 681 g/mol. The summed E-state index contributed by atoms with van der Waals surface area (Å²) in [5, 5.41) is 3.62. The van der Waals surface area contributed by atoms with Gasteiger partial charge in [0.1, 0.15) is 18.3 Å². The van der Waals surface area contributed by atoms with Crippen LogP contribution in [0.15, 0.2) is 76.5 Å². The highest BCUT2D eigenvalue weighted by Crippen LogP contribution is 2.33. The summed E-state index contributed by atoms with van der Waals surface area (Å²) in [6.07, 6.45) is 2.91. The molecule has 44 heavy (non-hydrogen) atoms. The van der Waals surface area contributed by atoms with Crippen LogP contribution in [-0.2, 0) is 26.2 Å². The number of benzene rings is 3. The van der Waals surface area contributed by atoms with Crippen molar-refractivity contribution < 1.29 is 22.7 Å². The van der Waals surface area contributed by atoms with Crippen LogP contribution in [0.3, 0.4) is 0 Å². The van der Waals surface area contributed by atoms with Gasteiger partial charge in [-0.25, -0.2) is 8.42 Å². The molecule has 0 unspecified atom stereocenters. The van der Waals surface area contributed by atoms with Crippen LogP contribution in [0, 0.1) is 0 Å². The Bertz CT molecular complexity index is 1540. The van der Waals surface area contributed by atoms with Crippen molar-refractivity contribution in [3.8, 4) is 5.75 Å². The molecule has 0 bridgehead atoms. The first-order valence-electron chi connectivity index (χ1n) is 14.4. The predicted molar refractivity (Wildman–Crippen MR) is 179 cm³/mol. The Morgan fingerprint density at radius 3 is 2.23 bits per heavy atom. The van der Waals surface area contributed by atoms with Gasteiger partial charge in [-0.1, -0.05) is 55.2 Å². The lowest BCUT2D eigenvalue weighted by atomic mass is 10.1. The van der Waals surface area contributed by atoms with E-state index in [9.17, 15) is 18.0 Å². The molecule has 0 radical (unpaired) electrons. The van der Waals surface area contributed by atoms with Crippen molar-refractivity contribution in [3.63, 3.8) is 0 Å². The fraction of sp³-hybridized carbons (Fsp3) is 0.375. The van der Waals surface area contributed by atoms with Crippen molar-refractivity contribution in [2.45, 2.75) is 69.0 Å². The molecule has 238 valence electrons. The molecule has 2 atom stereocenters. The van der Waals surface area contributed by atoms with E-state index in [-0.39, 0.29) is 29.1 Å². The van der Waals surface area contributed by atoms with E-state index in [1.54, 1.807) is 61.5 Å². The second-order valence-electron chi connectivity index (χ2n) is 10.1. The van der Waals surface area contributed by atoms with Gasteiger partial charge in [0, 0.05) is 17.5 Å². The van der Waals surface area contributed by atoms with Gasteiger partial charge in [0.15, 0.2) is 0 Å². The number of thioether (sulfide) groups is 1. The first-order valence-corrected chi connectivity index (χ1v) is 17.8. The van der Waals surface area contributed by atoms with Crippen LogP contribution >= 0.6 is 35.0 Å². The van der Waals surface area contributed by atoms with E-state index in [4.69, 9.17) is 27.9 Å². The molecule has 0 aliphatic rings. The maximum absolute atomic E-state index is 14.3. The Morgan fingerprint density at radius 2 is 1.64 bits per heavy atom. The molecule has 0 fully saturated rings. The topological polar surface area (TPSA) is 96.0 Å². The molecule has 0 saturated heterocycles. The molecular weight excluding hydrogens is 641 g/mol. The van der Waals surface area contributed by atoms with Gasteiger partial charge < -0.3 is 15.0 Å². The maximum atomic E-state index is 14.3. The molecule has 0 spiro atoms. The first kappa shape index (κ1) is 35.6. The summed E-state index contributed by atoms with van der Waals surface area (Å²) >= 11 is 13.9. The van der Waals surface area contributed by atoms with E-state index in [1.165, 1.54) is 28.8 Å². The number of rotatable bonds is 15. The quantitative estimate of drug-likeness (QED) is 0.173. The highest BCUT2D eigenvalue weighted by Gasteiger charge is 2.35. The van der Waals surface area contributed by atoms with Crippen molar-refractivity contribution in [1.29, 1.82) is 0 Å². The Morgan fingerprint density at radius 1 is 0.955 bits per heavy atom. The summed E-state index contributed by atoms with van der Waals surface area (Å²) < 4.78 is 35.3. The van der Waals surface area contributed by atoms with E-state index in [2.05, 4.69) is 5.32 Å². The van der Waals surface area contributed by atoms with Crippen molar-refractivity contribution >= 4 is 62.5 Å². The summed E-state index contributed by atoms with van der Waals surface area (Å²) in [6.45, 7) is 7.16. The van der Waals surface area contributed by atoms with E-state index >= 15 is 0 Å². The van der Waals surface area contributed by atoms with Gasteiger partial charge >= 0.3 is 0 Å². The molecule has 3 aromatic rings. The minimum atomic E-state index is -4.25. The van der Waals surface area contributed by atoms with Crippen LogP contribution < -0.4 is 14.4 Å². The first-order chi connectivity index (χ1) is 21.0. The van der Waals surface area contributed by atoms with Crippen LogP contribution in [0.1, 0.15) is 46.1 Å². The Balaban J connectivity index is 2.13. The van der Waals surface area contributed by atoms with Gasteiger partial charge in [-0.3, -0.25) is 13.9 Å². The Kier molecular flexibility index (Phi) is 13.3. The molecule has 2 amide bonds. The van der Waals surface area contributed by atoms with Gasteiger partial charge in [-0.2, -0.15) is 0 Å². The molecular formula is C32H39Cl2N3O5S2. The lowest BCUT2D eigenvalue weighted by Crippen LogP contribution is -2.53. The molecule has 1 N–H and O–H groups in total. The summed E-state index contributed by atoms with van der Waals surface area (Å²) in [7, 11) is -4.25. The van der Waals surface area contributed by atoms with Crippen molar-refractivity contribution in [2.75, 3.05) is 23.7 Å². The van der Waals surface area contributed by atoms with Gasteiger partial charge in [0.05, 0.1) is 27.2 Å². The molecule has 0 saturated carbocycles. The maximum Gasteiger partial charge on any atom is 0.264 e. The molecule has 3 aromatic carbocycles. The number of halogens is 2. The van der Waals surface area contributed by atoms with Crippen molar-refractivity contribution in [2.24, 2.45) is 0 Å². The predicted octanol–water partition coefficient (Wildman–Crippen LogP) is 7.03. The van der Waals surface area contributed by atoms with Gasteiger partial charge in [-0.15, -0.1) is 11.8 Å². The average Bonchev–Trinajstić information content (AvgIpc) is 3.01. The minimum absolute atomic E-state index is 0.00553. The van der Waals surface area contributed by atoms with Crippen LogP contribution in [-0.4, -0.2) is 56.6 Å². The third-order valence-electron chi connectivity index (χ3n) is 7.08. The fourth-order valence-corrected chi connectivity index (χ4v) is 6.68. The number of amides is 2. The zero-order valence-corrected chi connectivity index (χ0v) is 28.7. The van der Waals surface area contributed by atoms with Crippen LogP contribution in [0.4, 0.5) is 5.69 Å². The van der Waals surface area contributed by atoms with Gasteiger partial charge in [0.2, 0.25) is 11.8 Å². The highest BCUT2D eigenvalue weighted by atomic mass is 35.5. The standard InChI is InChI=1S/C32H39Cl2N3O5S2/c1-6-22(4)35-32(39)28(7-2)36(20-23-13-18-26(33)27(34)19-23)31(38)21-37(29-11-9-10-12-30(29)42-8-3)44(40,41)25-16-14-24(43-5)15-17-25/h9-19,22,28H,6-8,20-21H2,1-5H3,(H,35,39)/t22-,28-/m1/s1. The normalized spacial score (nSPS) is 12.7. The summed E-state index contributed by atoms with van der Waals surface area (Å²) in [6, 6.07) is 17.1. The highest BCUT2D eigenvalue weighted by molar-refractivity contribution is 7.98. The smallest absolute Gasteiger partial charge is 0.264 e. The monoisotopic (exact) mass is 679 g/mol. The Hall–Kier alpha value is -2.92. The molecule has 0 aliphatic carbocycles. The third kappa shape index (κ3) is 8.84. The summed E-state index contributed by atoms with van der Waals surface area (Å²) in [4.78, 5) is 30.1. The molecule has 8 nitrogen and oxygen atoms in total. The second kappa shape index (κ2) is 16.4. The van der Waals surface area contributed by atoms with Crippen LogP contribution in [0.25, 0.3) is 0 Å². The number of hydrogen-bond acceptors (Lipinski definition) is 6. The number of hydrogen-bond donors (Lipinski definition) is 1. The fourth-order valence-electron chi connectivity index (χ4n) is 4.52. The molecule has 0 aliphatic heterocycles. The number of para-hydroxylation sites is 2. The number of carbonyl (C=O) groups is 2. The van der Waals surface area contributed by atoms with E-state index in [1.807, 2.05) is 27.0 Å². The lowest BCUT2D eigenvalue weighted by Gasteiger charge is -2.34. The van der Waals surface area contributed by atoms with E-state index in [0.29, 0.717) is 40.8 Å². The number of nitrogens with one attached hydrogen (secondary N) is 1. The zero-order valence-electron chi connectivity index (χ0n) is 25.5. The number of anilines is 1. The number of carbonyl (C=O) groups excluding carboxylic acids is 2. The van der Waals surface area contributed by atoms with E-state index < -0.39 is 28.5 Å². The van der Waals surface area contributed by atoms with Crippen molar-refractivity contribution in [3.05, 3.63) is 82.3 Å². The third-order valence-corrected chi connectivity index (χ3v) is 10.3. The van der Waals surface area contributed by atoms with Crippen LogP contribution in [0.5, 0.6) is 5.75 Å². The molecule has 0 heterocycles. The van der Waals surface area contributed by atoms with E-state index in [0.717, 1.165) is 9.20 Å². The molecule has 0 aromatic heterocycles. The number of ether oxygens (including phenoxy) is 1. The largest absolute Gasteiger partial charge is 0.492 e. The van der Waals surface area contributed by atoms with Gasteiger partial charge in [0.25, 0.3) is 10.0 Å². The van der Waals surface area contributed by atoms with Gasteiger partial charge in [-0.05, 0) is 87.0 Å². The number of sulfonamides is 1. The van der Waals surface area contributed by atoms with Crippen molar-refractivity contribution in [1.82, 2.24) is 10.2 Å². The zero-order chi connectivity index (χ0) is 32.4. The minimum Gasteiger partial charge on any atom is -0.492 e. The molecule has 3 rings (SSSR count). The summed E-state index contributed by atoms with van der Waals surface area (Å²) in [5.74, 6) is -0.588. The number of nitrogens with zero attached hydrogens (tertiary/aromatic N) is 2. The van der Waals surface area contributed by atoms with Crippen LogP contribution in [0.2, 0.25) is 10.0 Å². The lowest BCUT2D eigenvalue weighted by molar-refractivity contribution is -0.140. The molecule has 12 heteroatoms. The second-order valence-corrected chi connectivity index (χ2v) is 13.7.